The topological polar surface area (TPSA) is 86.2 Å². The minimum absolute atomic E-state index is 0.116. The quantitative estimate of drug-likeness (QED) is 0.621. The Labute approximate surface area is 165 Å². The van der Waals surface area contributed by atoms with E-state index in [1.165, 1.54) is 31.1 Å². The van der Waals surface area contributed by atoms with Gasteiger partial charge in [-0.1, -0.05) is 0 Å². The third-order valence-electron chi connectivity index (χ3n) is 3.97. The highest BCUT2D eigenvalue weighted by atomic mass is 32.1. The Bertz CT molecular complexity index is 882. The molecule has 7 nitrogen and oxygen atoms in total. The second-order valence-corrected chi connectivity index (χ2v) is 7.49. The van der Waals surface area contributed by atoms with Crippen molar-refractivity contribution in [3.05, 3.63) is 50.2 Å². The number of ether oxygens (including phenoxy) is 2. The fourth-order valence-electron chi connectivity index (χ4n) is 2.67. The first-order valence-corrected chi connectivity index (χ1v) is 10.1. The van der Waals surface area contributed by atoms with Gasteiger partial charge in [0.05, 0.1) is 32.4 Å². The van der Waals surface area contributed by atoms with Crippen LogP contribution in [0.2, 0.25) is 0 Å². The van der Waals surface area contributed by atoms with E-state index < -0.39 is 0 Å². The van der Waals surface area contributed by atoms with Gasteiger partial charge in [-0.15, -0.1) is 11.3 Å². The van der Waals surface area contributed by atoms with Crippen LogP contribution in [0, 0.1) is 6.92 Å². The Kier molecular flexibility index (Phi) is 6.36. The van der Waals surface area contributed by atoms with E-state index >= 15 is 0 Å². The molecule has 3 aromatic heterocycles. The zero-order valence-electron chi connectivity index (χ0n) is 15.3. The Balaban J connectivity index is 1.77. The second-order valence-electron chi connectivity index (χ2n) is 5.79. The molecule has 0 saturated carbocycles. The Morgan fingerprint density at radius 3 is 2.74 bits per heavy atom. The highest BCUT2D eigenvalue weighted by Crippen LogP contribution is 2.24. The molecule has 0 spiro atoms. The van der Waals surface area contributed by atoms with Crippen LogP contribution in [0.4, 0.5) is 0 Å². The predicted octanol–water partition coefficient (Wildman–Crippen LogP) is 2.96. The van der Waals surface area contributed by atoms with Gasteiger partial charge in [-0.25, -0.2) is 9.97 Å². The maximum Gasteiger partial charge on any atom is 0.319 e. The van der Waals surface area contributed by atoms with E-state index in [9.17, 15) is 4.79 Å². The Morgan fingerprint density at radius 2 is 2.11 bits per heavy atom. The number of hydrogen-bond acceptors (Lipinski definition) is 8. The molecule has 0 aliphatic rings. The van der Waals surface area contributed by atoms with Crippen molar-refractivity contribution in [3.8, 4) is 11.9 Å². The van der Waals surface area contributed by atoms with Crippen molar-refractivity contribution in [3.63, 3.8) is 0 Å². The molecule has 3 heterocycles. The number of methoxy groups -OCH3 is 2. The predicted molar refractivity (Wildman–Crippen MR) is 105 cm³/mol. The van der Waals surface area contributed by atoms with Crippen molar-refractivity contribution >= 4 is 28.6 Å². The van der Waals surface area contributed by atoms with Gasteiger partial charge in [0.25, 0.3) is 0 Å². The minimum Gasteiger partial charge on any atom is -0.481 e. The van der Waals surface area contributed by atoms with E-state index in [2.05, 4.69) is 31.7 Å². The van der Waals surface area contributed by atoms with Gasteiger partial charge in [0.15, 0.2) is 0 Å². The molecule has 0 aromatic carbocycles. The number of nitrogens with zero attached hydrogens (tertiary/aromatic N) is 3. The van der Waals surface area contributed by atoms with Crippen molar-refractivity contribution in [1.29, 1.82) is 0 Å². The van der Waals surface area contributed by atoms with Crippen LogP contribution in [-0.2, 0) is 17.6 Å². The number of nitrogens with one attached hydrogen (secondary N) is 1. The van der Waals surface area contributed by atoms with Crippen LogP contribution in [0.15, 0.2) is 28.4 Å². The largest absolute Gasteiger partial charge is 0.481 e. The normalized spacial score (nSPS) is 11.8. The van der Waals surface area contributed by atoms with E-state index in [4.69, 9.17) is 9.47 Å². The third-order valence-corrected chi connectivity index (χ3v) is 5.59. The Morgan fingerprint density at radius 1 is 1.26 bits per heavy atom. The molecule has 1 atom stereocenters. The average molecular weight is 405 g/mol. The van der Waals surface area contributed by atoms with Gasteiger partial charge < -0.3 is 14.8 Å². The van der Waals surface area contributed by atoms with Crippen LogP contribution in [0.25, 0.3) is 0 Å². The lowest BCUT2D eigenvalue weighted by Gasteiger charge is -2.17. The fourth-order valence-corrected chi connectivity index (χ4v) is 4.04. The highest BCUT2D eigenvalue weighted by Gasteiger charge is 2.21. The first-order valence-electron chi connectivity index (χ1n) is 8.26. The minimum atomic E-state index is -0.183. The van der Waals surface area contributed by atoms with E-state index in [-0.39, 0.29) is 24.4 Å². The van der Waals surface area contributed by atoms with E-state index in [0.717, 1.165) is 5.01 Å². The maximum atomic E-state index is 12.7. The summed E-state index contributed by atoms with van der Waals surface area (Å²) in [5.41, 5.74) is 2.46. The molecule has 1 unspecified atom stereocenters. The number of thiophene rings is 1. The summed E-state index contributed by atoms with van der Waals surface area (Å²) in [6, 6.07) is 2.09. The summed E-state index contributed by atoms with van der Waals surface area (Å²) in [6.45, 7) is 1.80. The molecule has 0 fully saturated rings. The molecule has 9 heteroatoms. The molecule has 27 heavy (non-hydrogen) atoms. The van der Waals surface area contributed by atoms with E-state index in [0.29, 0.717) is 23.6 Å². The molecule has 142 valence electrons. The van der Waals surface area contributed by atoms with Gasteiger partial charge in [0, 0.05) is 23.6 Å². The number of carbonyl (C=O) groups is 1. The molecule has 0 radical (unpaired) electrons. The second kappa shape index (κ2) is 8.92. The number of hydrogen-bond donors (Lipinski definition) is 1. The van der Waals surface area contributed by atoms with Crippen molar-refractivity contribution in [2.45, 2.75) is 25.8 Å². The van der Waals surface area contributed by atoms with Gasteiger partial charge in [-0.05, 0) is 29.3 Å². The van der Waals surface area contributed by atoms with Crippen molar-refractivity contribution in [1.82, 2.24) is 20.3 Å². The molecule has 0 aliphatic heterocycles. The van der Waals surface area contributed by atoms with Crippen molar-refractivity contribution in [2.75, 3.05) is 14.2 Å². The van der Waals surface area contributed by atoms with Gasteiger partial charge in [0.1, 0.15) is 5.01 Å². The molecular formula is C18H20N4O3S2. The summed E-state index contributed by atoms with van der Waals surface area (Å²) < 4.78 is 10.4. The maximum absolute atomic E-state index is 12.7. The van der Waals surface area contributed by atoms with Gasteiger partial charge >= 0.3 is 6.01 Å². The molecule has 1 amide bonds. The molecule has 1 N–H and O–H groups in total. The van der Waals surface area contributed by atoms with E-state index in [1.54, 1.807) is 24.5 Å². The standard InChI is InChI=1S/C18H20N4O3S2/c1-11-13(16(24-2)22-18(20-11)25-3)9-15(23)21-14(17-19-5-7-27-17)8-12-4-6-26-10-12/h4-7,10,14H,8-9H2,1-3H3,(H,21,23). The summed E-state index contributed by atoms with van der Waals surface area (Å²) in [6.07, 6.45) is 2.56. The molecule has 3 rings (SSSR count). The summed E-state index contributed by atoms with van der Waals surface area (Å²) >= 11 is 3.16. The summed E-state index contributed by atoms with van der Waals surface area (Å²) in [4.78, 5) is 25.5. The number of aryl methyl sites for hydroxylation is 1. The molecule has 0 saturated heterocycles. The molecule has 0 aliphatic carbocycles. The first kappa shape index (κ1) is 19.2. The van der Waals surface area contributed by atoms with Crippen LogP contribution < -0.4 is 14.8 Å². The zero-order valence-corrected chi connectivity index (χ0v) is 16.9. The SMILES string of the molecule is COc1nc(C)c(CC(=O)NC(Cc2ccsc2)c2nccs2)c(OC)n1. The summed E-state index contributed by atoms with van der Waals surface area (Å²) in [5.74, 6) is 0.207. The number of thiazole rings is 1. The molecule has 3 aromatic rings. The number of aromatic nitrogens is 3. The molecular weight excluding hydrogens is 384 g/mol. The third kappa shape index (κ3) is 4.81. The highest BCUT2D eigenvalue weighted by molar-refractivity contribution is 7.09. The Hall–Kier alpha value is -2.52. The lowest BCUT2D eigenvalue weighted by molar-refractivity contribution is -0.121. The van der Waals surface area contributed by atoms with Crippen LogP contribution >= 0.6 is 22.7 Å². The van der Waals surface area contributed by atoms with Crippen LogP contribution in [0.3, 0.4) is 0 Å². The van der Waals surface area contributed by atoms with Crippen LogP contribution in [0.5, 0.6) is 11.9 Å². The van der Waals surface area contributed by atoms with Gasteiger partial charge in [-0.2, -0.15) is 16.3 Å². The van der Waals surface area contributed by atoms with Crippen molar-refractivity contribution < 1.29 is 14.3 Å². The monoisotopic (exact) mass is 404 g/mol. The summed E-state index contributed by atoms with van der Waals surface area (Å²) in [5, 5.41) is 9.98. The molecule has 0 bridgehead atoms. The van der Waals surface area contributed by atoms with E-state index in [1.807, 2.05) is 10.8 Å². The van der Waals surface area contributed by atoms with Crippen molar-refractivity contribution in [2.24, 2.45) is 0 Å². The van der Waals surface area contributed by atoms with Crippen LogP contribution in [-0.4, -0.2) is 35.1 Å². The number of carbonyl (C=O) groups excluding carboxylic acids is 1. The number of rotatable bonds is 8. The summed E-state index contributed by atoms with van der Waals surface area (Å²) in [7, 11) is 3.00. The van der Waals surface area contributed by atoms with Crippen LogP contribution in [0.1, 0.15) is 27.9 Å². The van der Waals surface area contributed by atoms with Gasteiger partial charge in [-0.3, -0.25) is 4.79 Å². The zero-order chi connectivity index (χ0) is 19.2. The lowest BCUT2D eigenvalue weighted by atomic mass is 10.1. The van der Waals surface area contributed by atoms with Gasteiger partial charge in [0.2, 0.25) is 11.8 Å². The average Bonchev–Trinajstić information content (AvgIpc) is 3.36. The first-order chi connectivity index (χ1) is 13.1. The number of amides is 1. The lowest BCUT2D eigenvalue weighted by Crippen LogP contribution is -2.31. The smallest absolute Gasteiger partial charge is 0.319 e. The fraction of sp³-hybridized carbons (Fsp3) is 0.333.